The van der Waals surface area contributed by atoms with E-state index >= 15 is 0 Å². The van der Waals surface area contributed by atoms with E-state index in [1.54, 1.807) is 54.6 Å². The summed E-state index contributed by atoms with van der Waals surface area (Å²) < 4.78 is 5.52. The molecule has 0 aliphatic carbocycles. The number of rotatable bonds is 6. The Labute approximate surface area is 207 Å². The Hall–Kier alpha value is -4.58. The number of aryl methyl sites for hydroxylation is 2. The highest BCUT2D eigenvalue weighted by Gasteiger charge is 2.46. The van der Waals surface area contributed by atoms with E-state index in [1.807, 2.05) is 44.2 Å². The number of benzene rings is 4. The van der Waals surface area contributed by atoms with Crippen molar-refractivity contribution < 1.29 is 23.9 Å². The van der Waals surface area contributed by atoms with E-state index in [9.17, 15) is 19.2 Å². The molecule has 0 aromatic heterocycles. The minimum Gasteiger partial charge on any atom is -0.453 e. The molecule has 1 N–H and O–H groups in total. The normalized spacial score (nSPS) is 15.2. The summed E-state index contributed by atoms with van der Waals surface area (Å²) in [5.74, 6) is -4.67. The van der Waals surface area contributed by atoms with Gasteiger partial charge in [-0.3, -0.25) is 14.4 Å². The Kier molecular flexibility index (Phi) is 5.94. The Morgan fingerprint density at radius 3 is 2.31 bits per heavy atom. The molecule has 6 nitrogen and oxygen atoms in total. The second-order valence-corrected chi connectivity index (χ2v) is 8.93. The molecule has 0 saturated carbocycles. The molecule has 1 aliphatic heterocycles. The number of hydrogen-bond donors (Lipinski definition) is 1. The smallest absolute Gasteiger partial charge is 0.339 e. The number of esters is 1. The summed E-state index contributed by atoms with van der Waals surface area (Å²) in [6, 6.07) is 24.5. The average Bonchev–Trinajstić information content (AvgIpc) is 3.22. The number of fused-ring (bicyclic) bond motifs is 2. The van der Waals surface area contributed by atoms with Crippen molar-refractivity contribution in [1.29, 1.82) is 0 Å². The standard InChI is InChI=1S/C30H23NO5/c1-17-11-14-22(15-18(17)2)31-29(34)27(33)25(28-23-9-5-6-10-24(23)30(35)36-28)26(32)21-13-12-19-7-3-4-8-20(19)16-21/h3-16,25,28H,1-2H3,(H,31,34)/t25-,28-/m0/s1. The predicted molar refractivity (Wildman–Crippen MR) is 136 cm³/mol. The van der Waals surface area contributed by atoms with Crippen LogP contribution in [-0.4, -0.2) is 23.4 Å². The summed E-state index contributed by atoms with van der Waals surface area (Å²) in [4.78, 5) is 53.0. The molecule has 0 fully saturated rings. The van der Waals surface area contributed by atoms with Crippen LogP contribution >= 0.6 is 0 Å². The first-order valence-corrected chi connectivity index (χ1v) is 11.6. The molecule has 1 heterocycles. The molecular formula is C30H23NO5. The van der Waals surface area contributed by atoms with Crippen molar-refractivity contribution in [3.63, 3.8) is 0 Å². The van der Waals surface area contributed by atoms with Crippen molar-refractivity contribution >= 4 is 39.9 Å². The van der Waals surface area contributed by atoms with Gasteiger partial charge in [0.15, 0.2) is 5.78 Å². The Bertz CT molecular complexity index is 1550. The van der Waals surface area contributed by atoms with Crippen LogP contribution < -0.4 is 5.32 Å². The van der Waals surface area contributed by atoms with Gasteiger partial charge in [-0.2, -0.15) is 0 Å². The van der Waals surface area contributed by atoms with Gasteiger partial charge in [0.1, 0.15) is 12.0 Å². The maximum absolute atomic E-state index is 13.8. The van der Waals surface area contributed by atoms with E-state index in [0.717, 1.165) is 21.9 Å². The maximum Gasteiger partial charge on any atom is 0.339 e. The van der Waals surface area contributed by atoms with Crippen molar-refractivity contribution in [1.82, 2.24) is 0 Å². The van der Waals surface area contributed by atoms with Gasteiger partial charge in [0.05, 0.1) is 5.56 Å². The Balaban J connectivity index is 1.54. The Morgan fingerprint density at radius 1 is 0.806 bits per heavy atom. The van der Waals surface area contributed by atoms with E-state index < -0.39 is 35.5 Å². The minimum absolute atomic E-state index is 0.256. The van der Waals surface area contributed by atoms with Crippen LogP contribution in [0.5, 0.6) is 0 Å². The average molecular weight is 478 g/mol. The van der Waals surface area contributed by atoms with E-state index in [4.69, 9.17) is 4.74 Å². The number of carbonyl (C=O) groups is 4. The number of hydrogen-bond acceptors (Lipinski definition) is 5. The summed E-state index contributed by atoms with van der Waals surface area (Å²) in [5.41, 5.74) is 3.37. The molecule has 4 aromatic rings. The zero-order valence-corrected chi connectivity index (χ0v) is 19.8. The lowest BCUT2D eigenvalue weighted by molar-refractivity contribution is -0.138. The number of Topliss-reactive ketones (excluding diaryl/α,β-unsaturated/α-hetero) is 2. The molecule has 0 bridgehead atoms. The molecular weight excluding hydrogens is 454 g/mol. The third-order valence-corrected chi connectivity index (χ3v) is 6.61. The summed E-state index contributed by atoms with van der Waals surface area (Å²) >= 11 is 0. The minimum atomic E-state index is -1.54. The molecule has 1 aliphatic rings. The predicted octanol–water partition coefficient (Wildman–Crippen LogP) is 5.38. The highest BCUT2D eigenvalue weighted by Crippen LogP contribution is 2.38. The van der Waals surface area contributed by atoms with Crippen LogP contribution in [0, 0.1) is 19.8 Å². The van der Waals surface area contributed by atoms with Crippen LogP contribution in [0.15, 0.2) is 84.9 Å². The topological polar surface area (TPSA) is 89.5 Å². The van der Waals surface area contributed by atoms with Crippen LogP contribution in [0.2, 0.25) is 0 Å². The summed E-state index contributed by atoms with van der Waals surface area (Å²) in [6.07, 6.45) is -1.20. The number of cyclic esters (lactones) is 1. The molecule has 4 aromatic carbocycles. The fourth-order valence-corrected chi connectivity index (χ4v) is 4.49. The molecule has 2 atom stereocenters. The molecule has 0 unspecified atom stereocenters. The number of carbonyl (C=O) groups excluding carboxylic acids is 4. The first-order valence-electron chi connectivity index (χ1n) is 11.6. The number of ketones is 2. The lowest BCUT2D eigenvalue weighted by Gasteiger charge is -2.21. The zero-order valence-electron chi connectivity index (χ0n) is 19.8. The van der Waals surface area contributed by atoms with Gasteiger partial charge in [-0.1, -0.05) is 60.7 Å². The van der Waals surface area contributed by atoms with Gasteiger partial charge in [-0.25, -0.2) is 4.79 Å². The molecule has 0 spiro atoms. The van der Waals surface area contributed by atoms with E-state index in [1.165, 1.54) is 0 Å². The van der Waals surface area contributed by atoms with Crippen molar-refractivity contribution in [2.24, 2.45) is 5.92 Å². The number of ether oxygens (including phenoxy) is 1. The van der Waals surface area contributed by atoms with Crippen LogP contribution in [0.3, 0.4) is 0 Å². The molecule has 0 radical (unpaired) electrons. The highest BCUT2D eigenvalue weighted by atomic mass is 16.5. The van der Waals surface area contributed by atoms with E-state index in [2.05, 4.69) is 5.32 Å². The highest BCUT2D eigenvalue weighted by molar-refractivity contribution is 6.45. The summed E-state index contributed by atoms with van der Waals surface area (Å²) in [6.45, 7) is 3.84. The van der Waals surface area contributed by atoms with Crippen LogP contribution in [0.1, 0.15) is 43.5 Å². The first-order chi connectivity index (χ1) is 17.3. The molecule has 178 valence electrons. The molecule has 1 amide bonds. The zero-order chi connectivity index (χ0) is 25.4. The fraction of sp³-hybridized carbons (Fsp3) is 0.133. The van der Waals surface area contributed by atoms with Gasteiger partial charge < -0.3 is 10.1 Å². The fourth-order valence-electron chi connectivity index (χ4n) is 4.49. The van der Waals surface area contributed by atoms with Crippen LogP contribution in [-0.2, 0) is 14.3 Å². The summed E-state index contributed by atoms with van der Waals surface area (Å²) in [5, 5.41) is 4.35. The molecule has 6 heteroatoms. The lowest BCUT2D eigenvalue weighted by atomic mass is 9.84. The van der Waals surface area contributed by atoms with Gasteiger partial charge in [0, 0.05) is 16.8 Å². The number of anilines is 1. The van der Waals surface area contributed by atoms with Crippen molar-refractivity contribution in [2.75, 3.05) is 5.32 Å². The van der Waals surface area contributed by atoms with Gasteiger partial charge >= 0.3 is 5.97 Å². The quantitative estimate of drug-likeness (QED) is 0.174. The van der Waals surface area contributed by atoms with Crippen molar-refractivity contribution in [3.8, 4) is 0 Å². The number of nitrogens with one attached hydrogen (secondary N) is 1. The first kappa shape index (κ1) is 23.2. The third-order valence-electron chi connectivity index (χ3n) is 6.61. The van der Waals surface area contributed by atoms with Crippen molar-refractivity contribution in [2.45, 2.75) is 20.0 Å². The summed E-state index contributed by atoms with van der Waals surface area (Å²) in [7, 11) is 0. The monoisotopic (exact) mass is 477 g/mol. The molecule has 5 rings (SSSR count). The van der Waals surface area contributed by atoms with Crippen LogP contribution in [0.25, 0.3) is 10.8 Å². The maximum atomic E-state index is 13.8. The molecule has 36 heavy (non-hydrogen) atoms. The molecule has 0 saturated heterocycles. The Morgan fingerprint density at radius 2 is 1.53 bits per heavy atom. The van der Waals surface area contributed by atoms with Crippen LogP contribution in [0.4, 0.5) is 5.69 Å². The number of amides is 1. The van der Waals surface area contributed by atoms with E-state index in [0.29, 0.717) is 11.3 Å². The van der Waals surface area contributed by atoms with E-state index in [-0.39, 0.29) is 11.1 Å². The van der Waals surface area contributed by atoms with Crippen molar-refractivity contribution in [3.05, 3.63) is 113 Å². The van der Waals surface area contributed by atoms with Gasteiger partial charge in [-0.15, -0.1) is 0 Å². The lowest BCUT2D eigenvalue weighted by Crippen LogP contribution is -2.38. The second kappa shape index (κ2) is 9.23. The van der Waals surface area contributed by atoms with Gasteiger partial charge in [-0.05, 0) is 60.0 Å². The van der Waals surface area contributed by atoms with Gasteiger partial charge in [0.25, 0.3) is 5.91 Å². The second-order valence-electron chi connectivity index (χ2n) is 8.93. The third kappa shape index (κ3) is 4.18. The SMILES string of the molecule is Cc1ccc(NC(=O)C(=O)[C@H](C(=O)c2ccc3ccccc3c2)[C@H]2OC(=O)c3ccccc32)cc1C. The van der Waals surface area contributed by atoms with Gasteiger partial charge in [0.2, 0.25) is 5.78 Å². The largest absolute Gasteiger partial charge is 0.453 e.